The smallest absolute Gasteiger partial charge is 0.263 e. The molecule has 1 N–H and O–H groups in total. The summed E-state index contributed by atoms with van der Waals surface area (Å²) in [6.07, 6.45) is 0. The summed E-state index contributed by atoms with van der Waals surface area (Å²) >= 11 is 1.39. The van der Waals surface area contributed by atoms with Gasteiger partial charge >= 0.3 is 0 Å². The second kappa shape index (κ2) is 5.82. The van der Waals surface area contributed by atoms with Crippen molar-refractivity contribution < 1.29 is 4.79 Å². The molecule has 1 rings (SSSR count). The maximum atomic E-state index is 11.6. The SMILES string of the molecule is CCN(C)CCNC(=O)c1scnc1C. The van der Waals surface area contributed by atoms with Gasteiger partial charge in [-0.2, -0.15) is 0 Å². The van der Waals surface area contributed by atoms with E-state index in [2.05, 4.69) is 22.1 Å². The zero-order valence-electron chi connectivity index (χ0n) is 9.41. The third kappa shape index (κ3) is 3.60. The van der Waals surface area contributed by atoms with Gasteiger partial charge < -0.3 is 10.2 Å². The minimum Gasteiger partial charge on any atom is -0.350 e. The first-order valence-electron chi connectivity index (χ1n) is 5.02. The number of amides is 1. The quantitative estimate of drug-likeness (QED) is 0.820. The summed E-state index contributed by atoms with van der Waals surface area (Å²) in [7, 11) is 2.03. The van der Waals surface area contributed by atoms with E-state index >= 15 is 0 Å². The maximum absolute atomic E-state index is 11.6. The fraction of sp³-hybridized carbons (Fsp3) is 0.600. The highest BCUT2D eigenvalue weighted by Crippen LogP contribution is 2.11. The van der Waals surface area contributed by atoms with Gasteiger partial charge in [0, 0.05) is 13.1 Å². The Balaban J connectivity index is 2.34. The highest BCUT2D eigenvalue weighted by atomic mass is 32.1. The van der Waals surface area contributed by atoms with Crippen LogP contribution in [0.5, 0.6) is 0 Å². The lowest BCUT2D eigenvalue weighted by Gasteiger charge is -2.13. The predicted molar refractivity (Wildman–Crippen MR) is 62.4 cm³/mol. The molecule has 0 fully saturated rings. The molecule has 5 heteroatoms. The van der Waals surface area contributed by atoms with Crippen molar-refractivity contribution in [2.24, 2.45) is 0 Å². The van der Waals surface area contributed by atoms with Crippen LogP contribution in [-0.4, -0.2) is 42.5 Å². The Morgan fingerprint density at radius 2 is 2.40 bits per heavy atom. The normalized spacial score (nSPS) is 10.7. The molecule has 0 unspecified atom stereocenters. The number of hydrogen-bond donors (Lipinski definition) is 1. The van der Waals surface area contributed by atoms with Crippen LogP contribution in [0.4, 0.5) is 0 Å². The topological polar surface area (TPSA) is 45.2 Å². The van der Waals surface area contributed by atoms with Crippen molar-refractivity contribution in [1.29, 1.82) is 0 Å². The highest BCUT2D eigenvalue weighted by molar-refractivity contribution is 7.11. The number of thiazole rings is 1. The van der Waals surface area contributed by atoms with E-state index in [-0.39, 0.29) is 5.91 Å². The number of likely N-dealkylation sites (N-methyl/N-ethyl adjacent to an activating group) is 1. The highest BCUT2D eigenvalue weighted by Gasteiger charge is 2.10. The summed E-state index contributed by atoms with van der Waals surface area (Å²) in [5.74, 6) is -0.0143. The Bertz CT molecular complexity index is 324. The lowest BCUT2D eigenvalue weighted by atomic mass is 10.3. The Hall–Kier alpha value is -0.940. The van der Waals surface area contributed by atoms with Crippen LogP contribution in [0, 0.1) is 6.92 Å². The molecule has 1 aromatic rings. The molecule has 15 heavy (non-hydrogen) atoms. The molecule has 0 saturated carbocycles. The molecule has 4 nitrogen and oxygen atoms in total. The summed E-state index contributed by atoms with van der Waals surface area (Å²) in [4.78, 5) is 18.6. The van der Waals surface area contributed by atoms with Crippen molar-refractivity contribution in [2.75, 3.05) is 26.7 Å². The van der Waals surface area contributed by atoms with Crippen molar-refractivity contribution in [3.8, 4) is 0 Å². The number of aryl methyl sites for hydroxylation is 1. The zero-order valence-corrected chi connectivity index (χ0v) is 10.2. The van der Waals surface area contributed by atoms with Crippen LogP contribution in [0.15, 0.2) is 5.51 Å². The number of hydrogen-bond acceptors (Lipinski definition) is 4. The summed E-state index contributed by atoms with van der Waals surface area (Å²) in [6.45, 7) is 6.49. The van der Waals surface area contributed by atoms with E-state index in [0.29, 0.717) is 11.4 Å². The van der Waals surface area contributed by atoms with Crippen LogP contribution < -0.4 is 5.32 Å². The number of carbonyl (C=O) groups is 1. The Morgan fingerprint density at radius 1 is 1.67 bits per heavy atom. The van der Waals surface area contributed by atoms with Gasteiger partial charge in [-0.1, -0.05) is 6.92 Å². The van der Waals surface area contributed by atoms with E-state index in [1.165, 1.54) is 11.3 Å². The fourth-order valence-electron chi connectivity index (χ4n) is 1.12. The first kappa shape index (κ1) is 12.1. The molecule has 0 aliphatic heterocycles. The van der Waals surface area contributed by atoms with Crippen LogP contribution in [0.3, 0.4) is 0 Å². The van der Waals surface area contributed by atoms with Gasteiger partial charge in [-0.3, -0.25) is 4.79 Å². The van der Waals surface area contributed by atoms with Crippen molar-refractivity contribution in [3.63, 3.8) is 0 Å². The largest absolute Gasteiger partial charge is 0.350 e. The molecule has 0 atom stereocenters. The monoisotopic (exact) mass is 227 g/mol. The van der Waals surface area contributed by atoms with Gasteiger partial charge in [-0.25, -0.2) is 4.98 Å². The Kier molecular flexibility index (Phi) is 4.71. The number of nitrogens with zero attached hydrogens (tertiary/aromatic N) is 2. The van der Waals surface area contributed by atoms with E-state index in [4.69, 9.17) is 0 Å². The zero-order chi connectivity index (χ0) is 11.3. The molecule has 0 aliphatic carbocycles. The third-order valence-corrected chi connectivity index (χ3v) is 3.20. The van der Waals surface area contributed by atoms with Crippen LogP contribution in [0.2, 0.25) is 0 Å². The van der Waals surface area contributed by atoms with Crippen molar-refractivity contribution in [3.05, 3.63) is 16.1 Å². The summed E-state index contributed by atoms with van der Waals surface area (Å²) in [5, 5.41) is 2.88. The molecule has 1 amide bonds. The average molecular weight is 227 g/mol. The van der Waals surface area contributed by atoms with Crippen LogP contribution >= 0.6 is 11.3 Å². The molecule has 1 heterocycles. The van der Waals surface area contributed by atoms with Gasteiger partial charge in [0.2, 0.25) is 0 Å². The molecule has 0 spiro atoms. The fourth-order valence-corrected chi connectivity index (χ4v) is 1.84. The number of rotatable bonds is 5. The number of nitrogens with one attached hydrogen (secondary N) is 1. The van der Waals surface area contributed by atoms with Crippen molar-refractivity contribution in [2.45, 2.75) is 13.8 Å². The first-order valence-corrected chi connectivity index (χ1v) is 5.90. The van der Waals surface area contributed by atoms with E-state index in [0.717, 1.165) is 18.8 Å². The van der Waals surface area contributed by atoms with Gasteiger partial charge in [-0.15, -0.1) is 11.3 Å². The molecule has 84 valence electrons. The standard InChI is InChI=1S/C10H17N3OS/c1-4-13(3)6-5-11-10(14)9-8(2)12-7-15-9/h7H,4-6H2,1-3H3,(H,11,14). The van der Waals surface area contributed by atoms with Gasteiger partial charge in [0.05, 0.1) is 11.2 Å². The summed E-state index contributed by atoms with van der Waals surface area (Å²) < 4.78 is 0. The molecule has 0 radical (unpaired) electrons. The molecule has 0 aliphatic rings. The van der Waals surface area contributed by atoms with Crippen molar-refractivity contribution in [1.82, 2.24) is 15.2 Å². The Labute approximate surface area is 94.3 Å². The van der Waals surface area contributed by atoms with Gasteiger partial charge in [-0.05, 0) is 20.5 Å². The summed E-state index contributed by atoms with van der Waals surface area (Å²) in [6, 6.07) is 0. The van der Waals surface area contributed by atoms with Crippen LogP contribution in [0.1, 0.15) is 22.3 Å². The molecule has 1 aromatic heterocycles. The van der Waals surface area contributed by atoms with Crippen LogP contribution in [-0.2, 0) is 0 Å². The molecule has 0 saturated heterocycles. The minimum absolute atomic E-state index is 0.0143. The van der Waals surface area contributed by atoms with Gasteiger partial charge in [0.25, 0.3) is 5.91 Å². The lowest BCUT2D eigenvalue weighted by molar-refractivity contribution is 0.0953. The first-order chi connectivity index (χ1) is 7.15. The van der Waals surface area contributed by atoms with E-state index in [9.17, 15) is 4.79 Å². The number of aromatic nitrogens is 1. The lowest BCUT2D eigenvalue weighted by Crippen LogP contribution is -2.32. The molecule has 0 aromatic carbocycles. The summed E-state index contributed by atoms with van der Waals surface area (Å²) in [5.41, 5.74) is 2.50. The predicted octanol–water partition coefficient (Wildman–Crippen LogP) is 1.13. The Morgan fingerprint density at radius 3 is 2.93 bits per heavy atom. The van der Waals surface area contributed by atoms with Crippen LogP contribution in [0.25, 0.3) is 0 Å². The third-order valence-electron chi connectivity index (χ3n) is 2.27. The van der Waals surface area contributed by atoms with Gasteiger partial charge in [0.15, 0.2) is 0 Å². The number of carbonyl (C=O) groups excluding carboxylic acids is 1. The maximum Gasteiger partial charge on any atom is 0.263 e. The van der Waals surface area contributed by atoms with E-state index in [1.807, 2.05) is 14.0 Å². The van der Waals surface area contributed by atoms with E-state index < -0.39 is 0 Å². The minimum atomic E-state index is -0.0143. The average Bonchev–Trinajstić information content (AvgIpc) is 2.64. The second-order valence-electron chi connectivity index (χ2n) is 3.42. The van der Waals surface area contributed by atoms with Crippen molar-refractivity contribution >= 4 is 17.2 Å². The second-order valence-corrected chi connectivity index (χ2v) is 4.27. The molecule has 0 bridgehead atoms. The molecular weight excluding hydrogens is 210 g/mol. The van der Waals surface area contributed by atoms with E-state index in [1.54, 1.807) is 5.51 Å². The molecular formula is C10H17N3OS. The van der Waals surface area contributed by atoms with Gasteiger partial charge in [0.1, 0.15) is 4.88 Å².